The van der Waals surface area contributed by atoms with Gasteiger partial charge in [0.25, 0.3) is 0 Å². The summed E-state index contributed by atoms with van der Waals surface area (Å²) in [6.07, 6.45) is 4.36. The molecule has 32 heavy (non-hydrogen) atoms. The zero-order valence-electron chi connectivity index (χ0n) is 18.2. The fourth-order valence-electron chi connectivity index (χ4n) is 5.47. The first-order valence-electron chi connectivity index (χ1n) is 11.1. The molecule has 6 aromatic rings. The van der Waals surface area contributed by atoms with E-state index >= 15 is 0 Å². The van der Waals surface area contributed by atoms with E-state index in [9.17, 15) is 0 Å². The molecule has 1 aliphatic rings. The molecular formula is C29H23N3. The quantitative estimate of drug-likeness (QED) is 0.297. The third-order valence-corrected chi connectivity index (χ3v) is 6.81. The maximum atomic E-state index is 2.43. The Hall–Kier alpha value is -3.98. The van der Waals surface area contributed by atoms with Gasteiger partial charge in [-0.15, -0.1) is 0 Å². The van der Waals surface area contributed by atoms with E-state index in [1.807, 2.05) is 0 Å². The van der Waals surface area contributed by atoms with Crippen molar-refractivity contribution in [1.29, 1.82) is 0 Å². The normalized spacial score (nSPS) is 14.2. The van der Waals surface area contributed by atoms with E-state index < -0.39 is 0 Å². The molecule has 0 amide bonds. The van der Waals surface area contributed by atoms with Crippen molar-refractivity contribution >= 4 is 49.5 Å². The molecule has 0 spiro atoms. The van der Waals surface area contributed by atoms with Crippen LogP contribution in [0.1, 0.15) is 11.1 Å². The van der Waals surface area contributed by atoms with E-state index in [-0.39, 0.29) is 0 Å². The summed E-state index contributed by atoms with van der Waals surface area (Å²) in [5, 5.41) is 5.29. The number of para-hydroxylation sites is 2. The van der Waals surface area contributed by atoms with E-state index in [1.54, 1.807) is 0 Å². The molecule has 0 radical (unpaired) electrons. The Bertz CT molecular complexity index is 1670. The molecule has 0 saturated carbocycles. The maximum Gasteiger partial charge on any atom is 0.0989 e. The molecule has 3 heterocycles. The number of benzene rings is 4. The van der Waals surface area contributed by atoms with Crippen LogP contribution in [0.25, 0.3) is 38.1 Å². The lowest BCUT2D eigenvalue weighted by Crippen LogP contribution is -2.24. The summed E-state index contributed by atoms with van der Waals surface area (Å²) in [5.41, 5.74) is 8.94. The summed E-state index contributed by atoms with van der Waals surface area (Å²) in [6.45, 7) is 5.14. The highest BCUT2D eigenvalue weighted by molar-refractivity contribution is 6.23. The van der Waals surface area contributed by atoms with Gasteiger partial charge < -0.3 is 14.2 Å². The van der Waals surface area contributed by atoms with Gasteiger partial charge in [-0.2, -0.15) is 0 Å². The zero-order valence-corrected chi connectivity index (χ0v) is 18.2. The fourth-order valence-corrected chi connectivity index (χ4v) is 5.47. The van der Waals surface area contributed by atoms with Crippen molar-refractivity contribution < 1.29 is 0 Å². The second-order valence-electron chi connectivity index (χ2n) is 8.98. The highest BCUT2D eigenvalue weighted by atomic mass is 15.3. The van der Waals surface area contributed by atoms with E-state index in [4.69, 9.17) is 0 Å². The number of hydrogen-bond acceptors (Lipinski definition) is 2. The molecule has 7 rings (SSSR count). The lowest BCUT2D eigenvalue weighted by molar-refractivity contribution is 0.974. The summed E-state index contributed by atoms with van der Waals surface area (Å²) in [5.74, 6) is 0. The van der Waals surface area contributed by atoms with Gasteiger partial charge in [-0.25, -0.2) is 0 Å². The Kier molecular flexibility index (Phi) is 3.46. The smallest absolute Gasteiger partial charge is 0.0989 e. The fraction of sp³-hybridized carbons (Fsp3) is 0.103. The predicted molar refractivity (Wildman–Crippen MR) is 136 cm³/mol. The molecule has 3 nitrogen and oxygen atoms in total. The van der Waals surface area contributed by atoms with Gasteiger partial charge in [0.2, 0.25) is 0 Å². The molecule has 0 bridgehead atoms. The molecule has 0 atom stereocenters. The van der Waals surface area contributed by atoms with Crippen molar-refractivity contribution in [2.24, 2.45) is 0 Å². The van der Waals surface area contributed by atoms with Gasteiger partial charge in [-0.05, 0) is 61.4 Å². The van der Waals surface area contributed by atoms with E-state index in [0.29, 0.717) is 0 Å². The predicted octanol–water partition coefficient (Wildman–Crippen LogP) is 7.21. The number of nitrogens with zero attached hydrogens (tertiary/aromatic N) is 3. The average molecular weight is 414 g/mol. The average Bonchev–Trinajstić information content (AvgIpc) is 3.50. The molecule has 0 N–H and O–H groups in total. The molecule has 0 unspecified atom stereocenters. The van der Waals surface area contributed by atoms with Gasteiger partial charge in [-0.1, -0.05) is 42.5 Å². The third kappa shape index (κ3) is 2.36. The standard InChI is InChI=1S/C29H23N3/c1-19-14-20(2)16-22(15-19)31-13-12-30(18-31)21-10-11-28-26(17-21)25-8-5-7-24-23-6-3-4-9-27(23)32(28)29(24)25/h3-17H,18H2,1-2H3. The minimum absolute atomic E-state index is 0.821. The molecule has 4 aromatic carbocycles. The lowest BCUT2D eigenvalue weighted by atomic mass is 10.1. The molecule has 0 aliphatic carbocycles. The highest BCUT2D eigenvalue weighted by Gasteiger charge is 2.20. The van der Waals surface area contributed by atoms with Gasteiger partial charge >= 0.3 is 0 Å². The third-order valence-electron chi connectivity index (χ3n) is 6.81. The largest absolute Gasteiger partial charge is 0.328 e. The van der Waals surface area contributed by atoms with Crippen LogP contribution in [-0.2, 0) is 0 Å². The van der Waals surface area contributed by atoms with Crippen LogP contribution in [0, 0.1) is 13.8 Å². The Morgan fingerprint density at radius 1 is 0.562 bits per heavy atom. The number of rotatable bonds is 2. The first kappa shape index (κ1) is 17.7. The van der Waals surface area contributed by atoms with Crippen LogP contribution in [0.3, 0.4) is 0 Å². The minimum Gasteiger partial charge on any atom is -0.328 e. The second-order valence-corrected chi connectivity index (χ2v) is 8.98. The van der Waals surface area contributed by atoms with Crippen molar-refractivity contribution in [1.82, 2.24) is 4.40 Å². The zero-order chi connectivity index (χ0) is 21.4. The summed E-state index contributed by atoms with van der Waals surface area (Å²) < 4.78 is 2.43. The van der Waals surface area contributed by atoms with Gasteiger partial charge in [0.1, 0.15) is 0 Å². The number of aromatic nitrogens is 1. The van der Waals surface area contributed by atoms with Crippen LogP contribution >= 0.6 is 0 Å². The first-order chi connectivity index (χ1) is 15.7. The van der Waals surface area contributed by atoms with E-state index in [0.717, 1.165) is 6.67 Å². The number of anilines is 2. The highest BCUT2D eigenvalue weighted by Crippen LogP contribution is 2.40. The summed E-state index contributed by atoms with van der Waals surface area (Å²) in [6, 6.07) is 29.0. The van der Waals surface area contributed by atoms with Gasteiger partial charge in [0, 0.05) is 45.3 Å². The van der Waals surface area contributed by atoms with Crippen molar-refractivity contribution in [2.45, 2.75) is 13.8 Å². The Labute approximate surface area is 186 Å². The van der Waals surface area contributed by atoms with Crippen LogP contribution in [0.4, 0.5) is 11.4 Å². The molecular weight excluding hydrogens is 390 g/mol. The van der Waals surface area contributed by atoms with Crippen LogP contribution in [0.5, 0.6) is 0 Å². The number of fused-ring (bicyclic) bond motifs is 6. The molecule has 3 heteroatoms. The van der Waals surface area contributed by atoms with Gasteiger partial charge in [0.05, 0.1) is 23.2 Å². The second kappa shape index (κ2) is 6.27. The topological polar surface area (TPSA) is 10.9 Å². The monoisotopic (exact) mass is 413 g/mol. The van der Waals surface area contributed by atoms with Gasteiger partial charge in [0.15, 0.2) is 0 Å². The maximum absolute atomic E-state index is 2.43. The van der Waals surface area contributed by atoms with Crippen LogP contribution in [0.2, 0.25) is 0 Å². The van der Waals surface area contributed by atoms with E-state index in [1.165, 1.54) is 60.6 Å². The van der Waals surface area contributed by atoms with E-state index in [2.05, 4.69) is 119 Å². The SMILES string of the molecule is Cc1cc(C)cc(N2C=CN(c3ccc4c(c3)c3cccc5c6ccccc6n4c53)C2)c1. The van der Waals surface area contributed by atoms with Crippen LogP contribution < -0.4 is 9.80 Å². The minimum atomic E-state index is 0.821. The van der Waals surface area contributed by atoms with Crippen molar-refractivity contribution in [3.8, 4) is 0 Å². The van der Waals surface area contributed by atoms with Crippen molar-refractivity contribution in [2.75, 3.05) is 16.5 Å². The van der Waals surface area contributed by atoms with Gasteiger partial charge in [-0.3, -0.25) is 0 Å². The molecule has 2 aromatic heterocycles. The molecule has 1 aliphatic heterocycles. The summed E-state index contributed by atoms with van der Waals surface area (Å²) in [7, 11) is 0. The number of hydrogen-bond donors (Lipinski definition) is 0. The van der Waals surface area contributed by atoms with Crippen LogP contribution in [-0.4, -0.2) is 11.1 Å². The molecule has 0 fully saturated rings. The lowest BCUT2D eigenvalue weighted by Gasteiger charge is -2.22. The Morgan fingerprint density at radius 2 is 1.22 bits per heavy atom. The molecule has 154 valence electrons. The Balaban J connectivity index is 1.35. The number of aryl methyl sites for hydroxylation is 2. The molecule has 0 saturated heterocycles. The summed E-state index contributed by atoms with van der Waals surface area (Å²) >= 11 is 0. The van der Waals surface area contributed by atoms with Crippen LogP contribution in [0.15, 0.2) is 91.3 Å². The van der Waals surface area contributed by atoms with Crippen molar-refractivity contribution in [3.05, 3.63) is 102 Å². The Morgan fingerprint density at radius 3 is 2.03 bits per heavy atom. The summed E-state index contributed by atoms with van der Waals surface area (Å²) in [4.78, 5) is 4.63. The van der Waals surface area contributed by atoms with Crippen molar-refractivity contribution in [3.63, 3.8) is 0 Å². The first-order valence-corrected chi connectivity index (χ1v) is 11.1.